The summed E-state index contributed by atoms with van der Waals surface area (Å²) in [5.41, 5.74) is 0. The summed E-state index contributed by atoms with van der Waals surface area (Å²) >= 11 is 0. The van der Waals surface area contributed by atoms with Crippen LogP contribution in [0.15, 0.2) is 12.2 Å². The van der Waals surface area contributed by atoms with Gasteiger partial charge in [0.1, 0.15) is 30.5 Å². The first kappa shape index (κ1) is 52.9. The predicted octanol–water partition coefficient (Wildman–Crippen LogP) is 9.08. The lowest BCUT2D eigenvalue weighted by Crippen LogP contribution is -2.60. The number of rotatable bonds is 39. The van der Waals surface area contributed by atoms with Crippen molar-refractivity contribution in [3.8, 4) is 0 Å². The molecule has 332 valence electrons. The molecule has 1 aliphatic rings. The van der Waals surface area contributed by atoms with Crippen molar-refractivity contribution in [2.45, 2.75) is 230 Å². The molecule has 1 heterocycles. The maximum absolute atomic E-state index is 12.8. The Labute approximate surface area is 340 Å². The summed E-state index contributed by atoms with van der Waals surface area (Å²) in [4.78, 5) is 12.8. The highest BCUT2D eigenvalue weighted by Gasteiger charge is 2.48. The Bertz CT molecular complexity index is 1040. The molecule has 6 unspecified atom stereocenters. The van der Waals surface area contributed by atoms with Gasteiger partial charge in [-0.3, -0.25) is 9.35 Å². The van der Waals surface area contributed by atoms with Crippen LogP contribution in [0.2, 0.25) is 0 Å². The minimum absolute atomic E-state index is 0.0393. The van der Waals surface area contributed by atoms with Crippen molar-refractivity contribution in [1.29, 1.82) is 0 Å². The summed E-state index contributed by atoms with van der Waals surface area (Å²) in [6.07, 6.45) is 28.2. The fourth-order valence-electron chi connectivity index (χ4n) is 6.96. The highest BCUT2D eigenvalue weighted by atomic mass is 32.3. The summed E-state index contributed by atoms with van der Waals surface area (Å²) in [5, 5.41) is 30.6. The van der Waals surface area contributed by atoms with Gasteiger partial charge >= 0.3 is 16.4 Å². The lowest BCUT2D eigenvalue weighted by Gasteiger charge is -2.41. The summed E-state index contributed by atoms with van der Waals surface area (Å²) < 4.78 is 59.0. The van der Waals surface area contributed by atoms with Crippen LogP contribution >= 0.6 is 0 Å². The molecule has 0 amide bonds. The molecule has 12 nitrogen and oxygen atoms in total. The molecule has 0 aromatic carbocycles. The number of hydrogen-bond donors (Lipinski definition) is 4. The molecule has 6 atom stereocenters. The summed E-state index contributed by atoms with van der Waals surface area (Å²) in [5.74, 6) is -0.401. The molecular weight excluding hydrogens is 741 g/mol. The number of aliphatic hydroxyl groups is 3. The van der Waals surface area contributed by atoms with Crippen LogP contribution in [0, 0.1) is 0 Å². The molecule has 0 aliphatic carbocycles. The second-order valence-corrected chi connectivity index (χ2v) is 16.7. The van der Waals surface area contributed by atoms with Crippen LogP contribution in [0.5, 0.6) is 0 Å². The van der Waals surface area contributed by atoms with E-state index in [-0.39, 0.29) is 19.6 Å². The number of ether oxygens (including phenoxy) is 4. The van der Waals surface area contributed by atoms with Gasteiger partial charge in [-0.15, -0.1) is 0 Å². The monoisotopic (exact) mass is 823 g/mol. The number of aliphatic hydroxyl groups excluding tert-OH is 3. The summed E-state index contributed by atoms with van der Waals surface area (Å²) in [6.45, 7) is 3.99. The maximum Gasteiger partial charge on any atom is 0.397 e. The Morgan fingerprint density at radius 2 is 1.12 bits per heavy atom. The Hall–Kier alpha value is -1.16. The van der Waals surface area contributed by atoms with E-state index < -0.39 is 59.8 Å². The molecule has 0 aromatic rings. The van der Waals surface area contributed by atoms with Gasteiger partial charge in [0.15, 0.2) is 6.29 Å². The highest BCUT2D eigenvalue weighted by Crippen LogP contribution is 2.26. The topological polar surface area (TPSA) is 178 Å². The van der Waals surface area contributed by atoms with Crippen LogP contribution < -0.4 is 0 Å². The second kappa shape index (κ2) is 35.8. The fourth-order valence-corrected chi connectivity index (χ4v) is 7.47. The van der Waals surface area contributed by atoms with Crippen molar-refractivity contribution in [2.75, 3.05) is 26.4 Å². The van der Waals surface area contributed by atoms with Crippen LogP contribution in [0.3, 0.4) is 0 Å². The molecule has 56 heavy (non-hydrogen) atoms. The van der Waals surface area contributed by atoms with E-state index in [0.717, 1.165) is 44.9 Å². The maximum atomic E-state index is 12.8. The highest BCUT2D eigenvalue weighted by molar-refractivity contribution is 7.80. The zero-order valence-electron chi connectivity index (χ0n) is 35.2. The normalized spacial score (nSPS) is 20.9. The van der Waals surface area contributed by atoms with Crippen molar-refractivity contribution < 1.29 is 56.2 Å². The summed E-state index contributed by atoms with van der Waals surface area (Å²) in [6, 6.07) is 0. The number of allylic oxidation sites excluding steroid dienone is 2. The average Bonchev–Trinajstić information content (AvgIpc) is 3.17. The first-order valence-electron chi connectivity index (χ1n) is 22.4. The molecule has 1 rings (SSSR count). The molecule has 0 aromatic heterocycles. The zero-order chi connectivity index (χ0) is 41.1. The van der Waals surface area contributed by atoms with Gasteiger partial charge in [0.05, 0.1) is 19.8 Å². The van der Waals surface area contributed by atoms with Gasteiger partial charge < -0.3 is 34.3 Å². The molecule has 0 saturated carbocycles. The van der Waals surface area contributed by atoms with Crippen molar-refractivity contribution in [1.82, 2.24) is 0 Å². The molecule has 1 aliphatic heterocycles. The van der Waals surface area contributed by atoms with Gasteiger partial charge in [-0.2, -0.15) is 8.42 Å². The minimum Gasteiger partial charge on any atom is -0.457 e. The van der Waals surface area contributed by atoms with E-state index in [1.54, 1.807) is 0 Å². The van der Waals surface area contributed by atoms with Gasteiger partial charge in [0, 0.05) is 13.0 Å². The molecule has 0 spiro atoms. The number of esters is 1. The van der Waals surface area contributed by atoms with E-state index in [4.69, 9.17) is 23.5 Å². The van der Waals surface area contributed by atoms with Crippen molar-refractivity contribution in [3.05, 3.63) is 12.2 Å². The van der Waals surface area contributed by atoms with Crippen molar-refractivity contribution >= 4 is 16.4 Å². The Morgan fingerprint density at radius 1 is 0.661 bits per heavy atom. The third-order valence-electron chi connectivity index (χ3n) is 10.4. The Balaban J connectivity index is 2.41. The third kappa shape index (κ3) is 29.1. The van der Waals surface area contributed by atoms with Crippen molar-refractivity contribution in [3.63, 3.8) is 0 Å². The molecule has 0 bridgehead atoms. The first-order valence-corrected chi connectivity index (χ1v) is 23.8. The van der Waals surface area contributed by atoms with Gasteiger partial charge in [-0.25, -0.2) is 4.18 Å². The minimum atomic E-state index is -5.06. The van der Waals surface area contributed by atoms with Gasteiger partial charge in [0.2, 0.25) is 0 Å². The number of carbonyl (C=O) groups excluding carboxylic acids is 1. The van der Waals surface area contributed by atoms with Crippen LogP contribution in [-0.2, 0) is 38.3 Å². The Kier molecular flexibility index (Phi) is 33.7. The van der Waals surface area contributed by atoms with E-state index in [9.17, 15) is 28.5 Å². The average molecular weight is 823 g/mol. The first-order chi connectivity index (χ1) is 27.1. The lowest BCUT2D eigenvalue weighted by atomic mass is 9.99. The number of carbonyl (C=O) groups is 1. The van der Waals surface area contributed by atoms with E-state index >= 15 is 0 Å². The van der Waals surface area contributed by atoms with E-state index in [1.807, 2.05) is 0 Å². The van der Waals surface area contributed by atoms with Gasteiger partial charge in [0.25, 0.3) is 0 Å². The molecule has 4 N–H and O–H groups in total. The molecule has 1 fully saturated rings. The second-order valence-electron chi connectivity index (χ2n) is 15.6. The van der Waals surface area contributed by atoms with E-state index in [1.165, 1.54) is 122 Å². The van der Waals surface area contributed by atoms with Crippen molar-refractivity contribution in [2.24, 2.45) is 0 Å². The van der Waals surface area contributed by atoms with Crippen LogP contribution in [0.25, 0.3) is 0 Å². The van der Waals surface area contributed by atoms with Crippen LogP contribution in [-0.4, -0.2) is 97.5 Å². The van der Waals surface area contributed by atoms with Gasteiger partial charge in [-0.1, -0.05) is 161 Å². The lowest BCUT2D eigenvalue weighted by molar-refractivity contribution is -0.301. The Morgan fingerprint density at radius 3 is 1.61 bits per heavy atom. The smallest absolute Gasteiger partial charge is 0.397 e. The number of unbranched alkanes of at least 4 members (excludes halogenated alkanes) is 24. The summed E-state index contributed by atoms with van der Waals surface area (Å²) in [7, 11) is -5.06. The SMILES string of the molecule is CCCCCCCCC/C=C\CCCCCCCCCC(=O)OC(COCCCCCCCCCCCCC)COC1OC(CO)C(O)C(OS(=O)(=O)O)C1O. The largest absolute Gasteiger partial charge is 0.457 e. The zero-order valence-corrected chi connectivity index (χ0v) is 36.0. The standard InChI is InChI=1S/C43H82O12S/c1-3-5-7-9-11-13-15-16-17-18-19-20-21-22-24-26-28-30-32-39(45)53-37(35-51-33-31-29-27-25-23-14-12-10-8-6-4-2)36-52-43-41(47)42(55-56(48,49)50)40(46)38(34-44)54-43/h17-18,37-38,40-44,46-47H,3-16,19-36H2,1-2H3,(H,48,49,50)/b18-17-. The van der Waals surface area contributed by atoms with E-state index in [2.05, 4.69) is 30.2 Å². The molecular formula is C43H82O12S. The van der Waals surface area contributed by atoms with E-state index in [0.29, 0.717) is 13.0 Å². The third-order valence-corrected chi connectivity index (χ3v) is 10.9. The predicted molar refractivity (Wildman–Crippen MR) is 221 cm³/mol. The van der Waals surface area contributed by atoms with Crippen LogP contribution in [0.4, 0.5) is 0 Å². The number of hydrogen-bond acceptors (Lipinski definition) is 11. The fraction of sp³-hybridized carbons (Fsp3) is 0.930. The van der Waals surface area contributed by atoms with Gasteiger partial charge in [-0.05, 0) is 38.5 Å². The molecule has 1 saturated heterocycles. The molecule has 13 heteroatoms. The van der Waals surface area contributed by atoms with Crippen LogP contribution in [0.1, 0.15) is 194 Å². The quantitative estimate of drug-likeness (QED) is 0.0200. The molecule has 0 radical (unpaired) electrons.